The lowest BCUT2D eigenvalue weighted by atomic mass is 10.2. The number of amides is 1. The number of methoxy groups -OCH3 is 2. The molecule has 6 nitrogen and oxygen atoms in total. The van der Waals surface area contributed by atoms with E-state index in [2.05, 4.69) is 10.3 Å². The Bertz CT molecular complexity index is 1020. The lowest BCUT2D eigenvalue weighted by Gasteiger charge is -2.12. The summed E-state index contributed by atoms with van der Waals surface area (Å²) >= 11 is 7.58. The molecule has 0 aliphatic carbocycles. The number of ether oxygens (including phenoxy) is 3. The Balaban J connectivity index is 1.79. The fourth-order valence-electron chi connectivity index (χ4n) is 2.68. The number of nitrogens with one attached hydrogen (secondary N) is 1. The Kier molecular flexibility index (Phi) is 6.61. The third-order valence-corrected chi connectivity index (χ3v) is 5.09. The second-order valence-electron chi connectivity index (χ2n) is 6.34. The molecule has 1 aromatic heterocycles. The average molecular weight is 433 g/mol. The number of benzene rings is 2. The number of hydrogen-bond acceptors (Lipinski definition) is 6. The number of anilines is 1. The minimum atomic E-state index is -0.331. The van der Waals surface area contributed by atoms with Gasteiger partial charge in [-0.3, -0.25) is 4.79 Å². The molecular formula is C21H21ClN2O4S. The van der Waals surface area contributed by atoms with Crippen LogP contribution in [0.3, 0.4) is 0 Å². The standard InChI is InChI=1S/C21H21ClN2O4S/c1-12(2)28-17-9-8-13(10-15(17)22)23-20(25)16-11-29-21(24-16)14-6-5-7-18(26-3)19(14)27-4/h5-12H,1-4H3,(H,23,25). The van der Waals surface area contributed by atoms with Crippen molar-refractivity contribution in [3.8, 4) is 27.8 Å². The van der Waals surface area contributed by atoms with Gasteiger partial charge < -0.3 is 19.5 Å². The van der Waals surface area contributed by atoms with Crippen molar-refractivity contribution in [3.63, 3.8) is 0 Å². The molecule has 0 bridgehead atoms. The van der Waals surface area contributed by atoms with Crippen LogP contribution in [0.2, 0.25) is 5.02 Å². The maximum Gasteiger partial charge on any atom is 0.275 e. The van der Waals surface area contributed by atoms with Crippen molar-refractivity contribution in [1.82, 2.24) is 4.98 Å². The van der Waals surface area contributed by atoms with Crippen LogP contribution in [0.1, 0.15) is 24.3 Å². The highest BCUT2D eigenvalue weighted by Crippen LogP contribution is 2.39. The Morgan fingerprint density at radius 1 is 1.14 bits per heavy atom. The molecule has 0 aliphatic rings. The minimum absolute atomic E-state index is 0.00923. The summed E-state index contributed by atoms with van der Waals surface area (Å²) in [4.78, 5) is 17.1. The second-order valence-corrected chi connectivity index (χ2v) is 7.61. The van der Waals surface area contributed by atoms with Gasteiger partial charge in [-0.25, -0.2) is 4.98 Å². The molecule has 152 valence electrons. The molecule has 0 radical (unpaired) electrons. The molecule has 1 N–H and O–H groups in total. The van der Waals surface area contributed by atoms with E-state index in [4.69, 9.17) is 25.8 Å². The molecule has 0 fully saturated rings. The predicted octanol–water partition coefficient (Wildman–Crippen LogP) is 5.52. The minimum Gasteiger partial charge on any atom is -0.493 e. The van der Waals surface area contributed by atoms with Crippen LogP contribution in [-0.2, 0) is 0 Å². The van der Waals surface area contributed by atoms with Crippen LogP contribution in [0.25, 0.3) is 10.6 Å². The molecule has 1 heterocycles. The van der Waals surface area contributed by atoms with Crippen LogP contribution in [0.15, 0.2) is 41.8 Å². The molecule has 0 spiro atoms. The highest BCUT2D eigenvalue weighted by Gasteiger charge is 2.17. The molecule has 8 heteroatoms. The lowest BCUT2D eigenvalue weighted by molar-refractivity contribution is 0.102. The number of carbonyl (C=O) groups excluding carboxylic acids is 1. The fourth-order valence-corrected chi connectivity index (χ4v) is 3.73. The van der Waals surface area contributed by atoms with Crippen molar-refractivity contribution in [3.05, 3.63) is 52.5 Å². The molecule has 0 atom stereocenters. The zero-order valence-electron chi connectivity index (χ0n) is 16.5. The van der Waals surface area contributed by atoms with Crippen LogP contribution >= 0.6 is 22.9 Å². The molecule has 0 aliphatic heterocycles. The van der Waals surface area contributed by atoms with Gasteiger partial charge in [-0.15, -0.1) is 11.3 Å². The average Bonchev–Trinajstić information content (AvgIpc) is 3.19. The van der Waals surface area contributed by atoms with Crippen molar-refractivity contribution < 1.29 is 19.0 Å². The van der Waals surface area contributed by atoms with Gasteiger partial charge in [0.1, 0.15) is 16.5 Å². The number of halogens is 1. The Morgan fingerprint density at radius 3 is 2.59 bits per heavy atom. The van der Waals surface area contributed by atoms with Gasteiger partial charge in [0.2, 0.25) is 0 Å². The summed E-state index contributed by atoms with van der Waals surface area (Å²) in [5.74, 6) is 1.41. The maximum atomic E-state index is 12.6. The number of nitrogens with zero attached hydrogens (tertiary/aromatic N) is 1. The zero-order chi connectivity index (χ0) is 21.0. The van der Waals surface area contributed by atoms with Gasteiger partial charge in [0.05, 0.1) is 30.9 Å². The van der Waals surface area contributed by atoms with E-state index in [0.717, 1.165) is 5.56 Å². The van der Waals surface area contributed by atoms with Gasteiger partial charge >= 0.3 is 0 Å². The van der Waals surface area contributed by atoms with Gasteiger partial charge in [-0.2, -0.15) is 0 Å². The zero-order valence-corrected chi connectivity index (χ0v) is 18.1. The molecule has 2 aromatic carbocycles. The molecule has 0 saturated carbocycles. The number of para-hydroxylation sites is 1. The van der Waals surface area contributed by atoms with E-state index < -0.39 is 0 Å². The number of aromatic nitrogens is 1. The molecule has 3 rings (SSSR count). The normalized spacial score (nSPS) is 10.7. The smallest absolute Gasteiger partial charge is 0.275 e. The monoisotopic (exact) mass is 432 g/mol. The Morgan fingerprint density at radius 2 is 1.93 bits per heavy atom. The van der Waals surface area contributed by atoms with Crippen molar-refractivity contribution in [2.45, 2.75) is 20.0 Å². The third-order valence-electron chi connectivity index (χ3n) is 3.92. The predicted molar refractivity (Wildman–Crippen MR) is 116 cm³/mol. The van der Waals surface area contributed by atoms with E-state index in [-0.39, 0.29) is 12.0 Å². The van der Waals surface area contributed by atoms with Gasteiger partial charge in [-0.1, -0.05) is 17.7 Å². The fraction of sp³-hybridized carbons (Fsp3) is 0.238. The van der Waals surface area contributed by atoms with E-state index in [1.54, 1.807) is 43.9 Å². The quantitative estimate of drug-likeness (QED) is 0.532. The highest BCUT2D eigenvalue weighted by atomic mass is 35.5. The summed E-state index contributed by atoms with van der Waals surface area (Å²) < 4.78 is 16.4. The van der Waals surface area contributed by atoms with Gasteiger partial charge in [-0.05, 0) is 44.2 Å². The summed E-state index contributed by atoms with van der Waals surface area (Å²) in [5, 5.41) is 5.59. The number of thiazole rings is 1. The van der Waals surface area contributed by atoms with Crippen molar-refractivity contribution >= 4 is 34.5 Å². The van der Waals surface area contributed by atoms with E-state index in [0.29, 0.717) is 38.7 Å². The molecule has 29 heavy (non-hydrogen) atoms. The van der Waals surface area contributed by atoms with Crippen molar-refractivity contribution in [1.29, 1.82) is 0 Å². The summed E-state index contributed by atoms with van der Waals surface area (Å²) in [5.41, 5.74) is 1.62. The van der Waals surface area contributed by atoms with E-state index >= 15 is 0 Å². The largest absolute Gasteiger partial charge is 0.493 e. The summed E-state index contributed by atoms with van der Waals surface area (Å²) in [6.07, 6.45) is 0.00923. The number of hydrogen-bond donors (Lipinski definition) is 1. The second kappa shape index (κ2) is 9.15. The first kappa shape index (κ1) is 21.0. The van der Waals surface area contributed by atoms with Gasteiger partial charge in [0.25, 0.3) is 5.91 Å². The van der Waals surface area contributed by atoms with E-state index in [1.165, 1.54) is 11.3 Å². The van der Waals surface area contributed by atoms with Crippen molar-refractivity contribution in [2.24, 2.45) is 0 Å². The lowest BCUT2D eigenvalue weighted by Crippen LogP contribution is -2.12. The first-order chi connectivity index (χ1) is 13.9. The van der Waals surface area contributed by atoms with Crippen molar-refractivity contribution in [2.75, 3.05) is 19.5 Å². The van der Waals surface area contributed by atoms with Crippen LogP contribution in [0.5, 0.6) is 17.2 Å². The summed E-state index contributed by atoms with van der Waals surface area (Å²) in [7, 11) is 3.14. The molecule has 0 saturated heterocycles. The van der Waals surface area contributed by atoms with E-state index in [1.807, 2.05) is 26.0 Å². The highest BCUT2D eigenvalue weighted by molar-refractivity contribution is 7.13. The molecule has 3 aromatic rings. The maximum absolute atomic E-state index is 12.6. The first-order valence-electron chi connectivity index (χ1n) is 8.87. The Labute approximate surface area is 178 Å². The van der Waals surface area contributed by atoms with Gasteiger partial charge in [0, 0.05) is 11.1 Å². The molecular weight excluding hydrogens is 412 g/mol. The van der Waals surface area contributed by atoms with Gasteiger partial charge in [0.15, 0.2) is 11.5 Å². The third kappa shape index (κ3) is 4.81. The Hall–Kier alpha value is -2.77. The van der Waals surface area contributed by atoms with E-state index in [9.17, 15) is 4.79 Å². The molecule has 1 amide bonds. The SMILES string of the molecule is COc1cccc(-c2nc(C(=O)Nc3ccc(OC(C)C)c(Cl)c3)cs2)c1OC. The number of carbonyl (C=O) groups is 1. The first-order valence-corrected chi connectivity index (χ1v) is 10.1. The van der Waals surface area contributed by atoms with Crippen LogP contribution in [0.4, 0.5) is 5.69 Å². The van der Waals surface area contributed by atoms with Crippen LogP contribution < -0.4 is 19.5 Å². The number of rotatable bonds is 7. The van der Waals surface area contributed by atoms with Crippen LogP contribution in [0, 0.1) is 0 Å². The van der Waals surface area contributed by atoms with Crippen LogP contribution in [-0.4, -0.2) is 31.2 Å². The summed E-state index contributed by atoms with van der Waals surface area (Å²) in [6.45, 7) is 3.84. The topological polar surface area (TPSA) is 69.7 Å². The molecule has 0 unspecified atom stereocenters. The summed E-state index contributed by atoms with van der Waals surface area (Å²) in [6, 6.07) is 10.6.